The van der Waals surface area contributed by atoms with E-state index >= 15 is 4.39 Å². The van der Waals surface area contributed by atoms with E-state index in [9.17, 15) is 4.79 Å². The maximum Gasteiger partial charge on any atom is 0.246 e. The van der Waals surface area contributed by atoms with Gasteiger partial charge in [-0.2, -0.15) is 0 Å². The van der Waals surface area contributed by atoms with Crippen molar-refractivity contribution in [2.24, 2.45) is 7.05 Å². The Labute approximate surface area is 241 Å². The standard InChI is InChI=1S/C31H29FN8O2/c1-4-28(41)39-12-11-19-13-20(39)15-40(19)27-10-7-23-30(37-27)31(34-16-33-23)36-22-6-9-26(18(2)29(22)32)42-21-5-8-25-24(14-21)35-17-38(25)3/h4-10,14,16-17,19-20H,1,11-13,15H2,2-3H3,(H,33,34,36). The fraction of sp³-hybridized carbons (Fsp3) is 0.258. The van der Waals surface area contributed by atoms with Gasteiger partial charge in [-0.15, -0.1) is 0 Å². The van der Waals surface area contributed by atoms with Gasteiger partial charge in [0, 0.05) is 37.8 Å². The summed E-state index contributed by atoms with van der Waals surface area (Å²) in [6, 6.07) is 13.2. The maximum absolute atomic E-state index is 15.6. The first-order valence-corrected chi connectivity index (χ1v) is 13.9. The third kappa shape index (κ3) is 4.37. The number of nitrogens with one attached hydrogen (secondary N) is 1. The van der Waals surface area contributed by atoms with Crippen molar-refractivity contribution in [3.05, 3.63) is 79.2 Å². The number of anilines is 3. The number of ether oxygens (including phenoxy) is 1. The number of aromatic nitrogens is 5. The van der Waals surface area contributed by atoms with Crippen LogP contribution in [0.3, 0.4) is 0 Å². The smallest absolute Gasteiger partial charge is 0.246 e. The molecule has 1 amide bonds. The van der Waals surface area contributed by atoms with Crippen LogP contribution in [0.25, 0.3) is 22.1 Å². The number of amides is 1. The summed E-state index contributed by atoms with van der Waals surface area (Å²) < 4.78 is 23.6. The van der Waals surface area contributed by atoms with E-state index in [0.29, 0.717) is 53.0 Å². The molecule has 2 fully saturated rings. The van der Waals surface area contributed by atoms with Crippen LogP contribution in [-0.2, 0) is 11.8 Å². The predicted octanol–water partition coefficient (Wildman–Crippen LogP) is 5.26. The van der Waals surface area contributed by atoms with Crippen molar-refractivity contribution in [1.82, 2.24) is 29.4 Å². The number of piperidine rings is 1. The molecule has 2 aliphatic rings. The number of halogens is 1. The lowest BCUT2D eigenvalue weighted by molar-refractivity contribution is -0.128. The van der Waals surface area contributed by atoms with Gasteiger partial charge >= 0.3 is 0 Å². The molecule has 0 spiro atoms. The van der Waals surface area contributed by atoms with Crippen LogP contribution in [0.5, 0.6) is 11.5 Å². The summed E-state index contributed by atoms with van der Waals surface area (Å²) in [6.07, 6.45) is 6.31. The monoisotopic (exact) mass is 564 g/mol. The van der Waals surface area contributed by atoms with Crippen molar-refractivity contribution in [3.8, 4) is 11.5 Å². The summed E-state index contributed by atoms with van der Waals surface area (Å²) in [7, 11) is 1.93. The zero-order valence-electron chi connectivity index (χ0n) is 23.3. The molecule has 2 saturated heterocycles. The molecule has 10 nitrogen and oxygen atoms in total. The van der Waals surface area contributed by atoms with Gasteiger partial charge in [-0.3, -0.25) is 4.79 Å². The second-order valence-electron chi connectivity index (χ2n) is 10.8. The molecule has 3 aromatic heterocycles. The molecule has 2 bridgehead atoms. The molecule has 2 aromatic carbocycles. The van der Waals surface area contributed by atoms with E-state index in [4.69, 9.17) is 9.72 Å². The Kier molecular flexibility index (Phi) is 6.22. The van der Waals surface area contributed by atoms with Crippen LogP contribution >= 0.6 is 0 Å². The molecule has 11 heteroatoms. The molecule has 2 unspecified atom stereocenters. The van der Waals surface area contributed by atoms with Crippen LogP contribution in [0.4, 0.5) is 21.7 Å². The lowest BCUT2D eigenvalue weighted by Crippen LogP contribution is -2.43. The van der Waals surface area contributed by atoms with Crippen molar-refractivity contribution in [3.63, 3.8) is 0 Å². The van der Waals surface area contributed by atoms with Crippen LogP contribution in [-0.4, -0.2) is 60.5 Å². The number of imidazole rings is 1. The van der Waals surface area contributed by atoms with Crippen molar-refractivity contribution >= 4 is 45.3 Å². The van der Waals surface area contributed by atoms with Gasteiger partial charge in [0.15, 0.2) is 11.6 Å². The van der Waals surface area contributed by atoms with E-state index < -0.39 is 5.82 Å². The van der Waals surface area contributed by atoms with Crippen LogP contribution in [0.1, 0.15) is 18.4 Å². The minimum absolute atomic E-state index is 0.0327. The highest BCUT2D eigenvalue weighted by molar-refractivity contribution is 5.89. The third-order valence-electron chi connectivity index (χ3n) is 8.27. The lowest BCUT2D eigenvalue weighted by atomic mass is 10.0. The van der Waals surface area contributed by atoms with E-state index in [-0.39, 0.29) is 17.6 Å². The summed E-state index contributed by atoms with van der Waals surface area (Å²) in [4.78, 5) is 34.5. The van der Waals surface area contributed by atoms with Crippen LogP contribution in [0, 0.1) is 12.7 Å². The minimum Gasteiger partial charge on any atom is -0.457 e. The van der Waals surface area contributed by atoms with Gasteiger partial charge < -0.3 is 24.4 Å². The van der Waals surface area contributed by atoms with Gasteiger partial charge in [0.2, 0.25) is 5.91 Å². The quantitative estimate of drug-likeness (QED) is 0.279. The van der Waals surface area contributed by atoms with Gasteiger partial charge in [-0.1, -0.05) is 6.58 Å². The van der Waals surface area contributed by atoms with E-state index in [1.165, 1.54) is 12.4 Å². The molecule has 42 heavy (non-hydrogen) atoms. The van der Waals surface area contributed by atoms with Gasteiger partial charge in [0.25, 0.3) is 0 Å². The fourth-order valence-electron chi connectivity index (χ4n) is 6.04. The number of hydrogen-bond donors (Lipinski definition) is 1. The van der Waals surface area contributed by atoms with Gasteiger partial charge in [0.1, 0.15) is 29.2 Å². The largest absolute Gasteiger partial charge is 0.457 e. The summed E-state index contributed by atoms with van der Waals surface area (Å²) in [6.45, 7) is 6.72. The molecule has 0 radical (unpaired) electrons. The highest BCUT2D eigenvalue weighted by Crippen LogP contribution is 2.36. The number of carbonyl (C=O) groups is 1. The lowest BCUT2D eigenvalue weighted by Gasteiger charge is -2.31. The van der Waals surface area contributed by atoms with Gasteiger partial charge in [0.05, 0.1) is 34.6 Å². The number of carbonyl (C=O) groups excluding carboxylic acids is 1. The van der Waals surface area contributed by atoms with Crippen molar-refractivity contribution < 1.29 is 13.9 Å². The van der Waals surface area contributed by atoms with E-state index in [1.54, 1.807) is 25.4 Å². The first-order valence-electron chi connectivity index (χ1n) is 13.9. The van der Waals surface area contributed by atoms with Gasteiger partial charge in [-0.25, -0.2) is 24.3 Å². The number of benzene rings is 2. The second-order valence-corrected chi connectivity index (χ2v) is 10.8. The molecule has 0 saturated carbocycles. The molecule has 7 rings (SSSR count). The first-order chi connectivity index (χ1) is 20.4. The second kappa shape index (κ2) is 10.1. The number of aryl methyl sites for hydroxylation is 1. The first kappa shape index (κ1) is 25.9. The number of likely N-dealkylation sites (tertiary alicyclic amines) is 1. The summed E-state index contributed by atoms with van der Waals surface area (Å²) in [5, 5.41) is 3.13. The van der Waals surface area contributed by atoms with Crippen molar-refractivity contribution in [2.45, 2.75) is 31.8 Å². The Morgan fingerprint density at radius 3 is 2.86 bits per heavy atom. The molecule has 2 aliphatic heterocycles. The van der Waals surface area contributed by atoms with Crippen LogP contribution in [0.2, 0.25) is 0 Å². The summed E-state index contributed by atoms with van der Waals surface area (Å²) in [5.41, 5.74) is 3.57. The Morgan fingerprint density at radius 2 is 2.00 bits per heavy atom. The Morgan fingerprint density at radius 1 is 1.12 bits per heavy atom. The van der Waals surface area contributed by atoms with Crippen LogP contribution < -0.4 is 15.0 Å². The zero-order valence-corrected chi connectivity index (χ0v) is 23.3. The maximum atomic E-state index is 15.6. The normalized spacial score (nSPS) is 18.1. The van der Waals surface area contributed by atoms with Crippen molar-refractivity contribution in [2.75, 3.05) is 23.3 Å². The predicted molar refractivity (Wildman–Crippen MR) is 159 cm³/mol. The molecule has 2 atom stereocenters. The van der Waals surface area contributed by atoms with Gasteiger partial charge in [-0.05, 0) is 62.2 Å². The number of nitrogens with zero attached hydrogens (tertiary/aromatic N) is 7. The molecule has 5 aromatic rings. The summed E-state index contributed by atoms with van der Waals surface area (Å²) >= 11 is 0. The Bertz CT molecular complexity index is 1870. The molecular formula is C31H29FN8O2. The average molecular weight is 565 g/mol. The van der Waals surface area contributed by atoms with E-state index in [2.05, 4.69) is 31.7 Å². The number of hydrogen-bond acceptors (Lipinski definition) is 8. The molecule has 1 N–H and O–H groups in total. The molecule has 212 valence electrons. The third-order valence-corrected chi connectivity index (χ3v) is 8.27. The summed E-state index contributed by atoms with van der Waals surface area (Å²) in [5.74, 6) is 1.69. The molecule has 0 aliphatic carbocycles. The SMILES string of the molecule is C=CC(=O)N1CCC2CC1CN2c1ccc2ncnc(Nc3ccc(Oc4ccc5c(c4)ncn5C)c(C)c3F)c2n1. The number of rotatable bonds is 6. The number of pyridine rings is 1. The van der Waals surface area contributed by atoms with E-state index in [1.807, 2.05) is 46.8 Å². The highest BCUT2D eigenvalue weighted by Gasteiger charge is 2.41. The van der Waals surface area contributed by atoms with Crippen LogP contribution in [0.15, 0.2) is 67.8 Å². The number of fused-ring (bicyclic) bond motifs is 4. The highest BCUT2D eigenvalue weighted by atomic mass is 19.1. The molecule has 5 heterocycles. The van der Waals surface area contributed by atoms with Crippen molar-refractivity contribution in [1.29, 1.82) is 0 Å². The zero-order chi connectivity index (χ0) is 29.0. The minimum atomic E-state index is -0.449. The van der Waals surface area contributed by atoms with E-state index in [0.717, 1.165) is 29.7 Å². The molecular weight excluding hydrogens is 535 g/mol. The average Bonchev–Trinajstić information content (AvgIpc) is 3.55. The Hall–Kier alpha value is -5.06. The Balaban J connectivity index is 1.15. The fourth-order valence-corrected chi connectivity index (χ4v) is 6.04. The topological polar surface area (TPSA) is 101 Å².